The van der Waals surface area contributed by atoms with Gasteiger partial charge in [0.05, 0.1) is 5.54 Å². The SMILES string of the molecule is Cc1ccc(C(C)(C)CNC(=O)C2(N)CCCC2)cc1. The molecule has 1 amide bonds. The molecule has 0 heterocycles. The van der Waals surface area contributed by atoms with Crippen LogP contribution >= 0.6 is 0 Å². The number of nitrogens with two attached hydrogens (primary N) is 1. The molecule has 0 atom stereocenters. The number of benzene rings is 1. The van der Waals surface area contributed by atoms with E-state index in [0.29, 0.717) is 6.54 Å². The third-order valence-corrected chi connectivity index (χ3v) is 4.47. The second kappa shape index (κ2) is 5.57. The number of carbonyl (C=O) groups is 1. The van der Waals surface area contributed by atoms with Crippen molar-refractivity contribution >= 4 is 5.91 Å². The van der Waals surface area contributed by atoms with Gasteiger partial charge in [0.1, 0.15) is 0 Å². The molecule has 20 heavy (non-hydrogen) atoms. The van der Waals surface area contributed by atoms with Gasteiger partial charge in [-0.15, -0.1) is 0 Å². The molecule has 0 bridgehead atoms. The first-order valence-electron chi connectivity index (χ1n) is 7.48. The van der Waals surface area contributed by atoms with E-state index in [2.05, 4.69) is 50.4 Å². The van der Waals surface area contributed by atoms with Gasteiger partial charge in [-0.2, -0.15) is 0 Å². The van der Waals surface area contributed by atoms with Gasteiger partial charge in [0.25, 0.3) is 0 Å². The van der Waals surface area contributed by atoms with Gasteiger partial charge in [-0.05, 0) is 25.3 Å². The van der Waals surface area contributed by atoms with E-state index in [-0.39, 0.29) is 11.3 Å². The molecule has 1 aliphatic carbocycles. The average Bonchev–Trinajstić information content (AvgIpc) is 2.85. The summed E-state index contributed by atoms with van der Waals surface area (Å²) in [5.74, 6) is 0.00943. The zero-order valence-corrected chi connectivity index (χ0v) is 12.8. The van der Waals surface area contributed by atoms with Crippen LogP contribution in [-0.4, -0.2) is 18.0 Å². The Morgan fingerprint density at radius 2 is 1.80 bits per heavy atom. The predicted molar refractivity (Wildman–Crippen MR) is 82.6 cm³/mol. The summed E-state index contributed by atoms with van der Waals surface area (Å²) in [6, 6.07) is 8.49. The molecule has 1 aliphatic rings. The number of hydrogen-bond acceptors (Lipinski definition) is 2. The van der Waals surface area contributed by atoms with Gasteiger partial charge in [0.15, 0.2) is 0 Å². The van der Waals surface area contributed by atoms with Crippen LogP contribution in [0, 0.1) is 6.92 Å². The van der Waals surface area contributed by atoms with Crippen LogP contribution in [0.15, 0.2) is 24.3 Å². The minimum Gasteiger partial charge on any atom is -0.354 e. The van der Waals surface area contributed by atoms with Gasteiger partial charge in [-0.3, -0.25) is 4.79 Å². The molecular formula is C17H26N2O. The largest absolute Gasteiger partial charge is 0.354 e. The molecule has 1 fully saturated rings. The van der Waals surface area contributed by atoms with E-state index in [1.807, 2.05) is 0 Å². The Kier molecular flexibility index (Phi) is 4.19. The van der Waals surface area contributed by atoms with Crippen molar-refractivity contribution in [2.75, 3.05) is 6.54 Å². The van der Waals surface area contributed by atoms with Crippen molar-refractivity contribution in [2.45, 2.75) is 57.4 Å². The first-order chi connectivity index (χ1) is 9.33. The van der Waals surface area contributed by atoms with Crippen molar-refractivity contribution in [1.29, 1.82) is 0 Å². The zero-order chi connectivity index (χ0) is 14.8. The average molecular weight is 274 g/mol. The van der Waals surface area contributed by atoms with E-state index < -0.39 is 5.54 Å². The highest BCUT2D eigenvalue weighted by Gasteiger charge is 2.37. The molecule has 3 N–H and O–H groups in total. The number of carbonyl (C=O) groups excluding carboxylic acids is 1. The molecule has 0 radical (unpaired) electrons. The maximum absolute atomic E-state index is 12.3. The molecule has 0 spiro atoms. The molecule has 1 aromatic carbocycles. The van der Waals surface area contributed by atoms with Crippen LogP contribution in [0.3, 0.4) is 0 Å². The van der Waals surface area contributed by atoms with Gasteiger partial charge in [0.2, 0.25) is 5.91 Å². The Hall–Kier alpha value is -1.35. The summed E-state index contributed by atoms with van der Waals surface area (Å²) in [7, 11) is 0. The third-order valence-electron chi connectivity index (χ3n) is 4.47. The van der Waals surface area contributed by atoms with Crippen LogP contribution < -0.4 is 11.1 Å². The normalized spacial score (nSPS) is 18.0. The van der Waals surface area contributed by atoms with Gasteiger partial charge in [-0.25, -0.2) is 0 Å². The van der Waals surface area contributed by atoms with Crippen molar-refractivity contribution in [1.82, 2.24) is 5.32 Å². The standard InChI is InChI=1S/C17H26N2O/c1-13-6-8-14(9-7-13)16(2,3)12-19-15(20)17(18)10-4-5-11-17/h6-9H,4-5,10-12,18H2,1-3H3,(H,19,20). The molecule has 1 aromatic rings. The highest BCUT2D eigenvalue weighted by atomic mass is 16.2. The summed E-state index contributed by atoms with van der Waals surface area (Å²) in [4.78, 5) is 12.3. The van der Waals surface area contributed by atoms with Crippen molar-refractivity contribution in [3.8, 4) is 0 Å². The zero-order valence-electron chi connectivity index (χ0n) is 12.8. The molecule has 3 nitrogen and oxygen atoms in total. The van der Waals surface area contributed by atoms with Gasteiger partial charge < -0.3 is 11.1 Å². The van der Waals surface area contributed by atoms with E-state index >= 15 is 0 Å². The number of aryl methyl sites for hydroxylation is 1. The second-order valence-electron chi connectivity index (χ2n) is 6.80. The summed E-state index contributed by atoms with van der Waals surface area (Å²) in [5.41, 5.74) is 7.95. The molecule has 0 saturated heterocycles. The van der Waals surface area contributed by atoms with E-state index in [9.17, 15) is 4.79 Å². The lowest BCUT2D eigenvalue weighted by molar-refractivity contribution is -0.126. The topological polar surface area (TPSA) is 55.1 Å². The molecule has 2 rings (SSSR count). The fourth-order valence-electron chi connectivity index (χ4n) is 2.82. The second-order valence-corrected chi connectivity index (χ2v) is 6.80. The number of nitrogens with one attached hydrogen (secondary N) is 1. The van der Waals surface area contributed by atoms with Crippen molar-refractivity contribution < 1.29 is 4.79 Å². The van der Waals surface area contributed by atoms with Gasteiger partial charge in [-0.1, -0.05) is 56.5 Å². The maximum atomic E-state index is 12.3. The van der Waals surface area contributed by atoms with Gasteiger partial charge >= 0.3 is 0 Å². The first kappa shape index (κ1) is 15.0. The monoisotopic (exact) mass is 274 g/mol. The number of amides is 1. The number of rotatable bonds is 4. The van der Waals surface area contributed by atoms with Crippen molar-refractivity contribution in [3.63, 3.8) is 0 Å². The van der Waals surface area contributed by atoms with Crippen molar-refractivity contribution in [3.05, 3.63) is 35.4 Å². The lowest BCUT2D eigenvalue weighted by Crippen LogP contribution is -2.53. The van der Waals surface area contributed by atoms with Crippen LogP contribution in [0.4, 0.5) is 0 Å². The molecular weight excluding hydrogens is 248 g/mol. The predicted octanol–water partition coefficient (Wildman–Crippen LogP) is 2.66. The summed E-state index contributed by atoms with van der Waals surface area (Å²) in [6.45, 7) is 7.00. The first-order valence-corrected chi connectivity index (χ1v) is 7.48. The molecule has 110 valence electrons. The Labute approximate surface area is 121 Å². The molecule has 3 heteroatoms. The third kappa shape index (κ3) is 3.21. The fraction of sp³-hybridized carbons (Fsp3) is 0.588. The Bertz CT molecular complexity index is 470. The summed E-state index contributed by atoms with van der Waals surface area (Å²) >= 11 is 0. The van der Waals surface area contributed by atoms with Crippen LogP contribution in [0.2, 0.25) is 0 Å². The Balaban J connectivity index is 1.98. The Morgan fingerprint density at radius 3 is 2.35 bits per heavy atom. The Morgan fingerprint density at radius 1 is 1.25 bits per heavy atom. The highest BCUT2D eigenvalue weighted by Crippen LogP contribution is 2.28. The molecule has 0 aromatic heterocycles. The molecule has 0 unspecified atom stereocenters. The summed E-state index contributed by atoms with van der Waals surface area (Å²) in [6.07, 6.45) is 3.74. The summed E-state index contributed by atoms with van der Waals surface area (Å²) < 4.78 is 0. The van der Waals surface area contributed by atoms with Crippen molar-refractivity contribution in [2.24, 2.45) is 5.73 Å². The van der Waals surface area contributed by atoms with Crippen LogP contribution in [0.5, 0.6) is 0 Å². The van der Waals surface area contributed by atoms with E-state index in [0.717, 1.165) is 25.7 Å². The molecule has 1 saturated carbocycles. The van der Waals surface area contributed by atoms with E-state index in [1.165, 1.54) is 11.1 Å². The van der Waals surface area contributed by atoms with E-state index in [4.69, 9.17) is 5.73 Å². The van der Waals surface area contributed by atoms with Crippen LogP contribution in [0.25, 0.3) is 0 Å². The summed E-state index contributed by atoms with van der Waals surface area (Å²) in [5, 5.41) is 3.05. The smallest absolute Gasteiger partial charge is 0.240 e. The lowest BCUT2D eigenvalue weighted by Gasteiger charge is -2.29. The fourth-order valence-corrected chi connectivity index (χ4v) is 2.82. The lowest BCUT2D eigenvalue weighted by atomic mass is 9.84. The number of hydrogen-bond donors (Lipinski definition) is 2. The molecule has 0 aliphatic heterocycles. The quantitative estimate of drug-likeness (QED) is 0.887. The van der Waals surface area contributed by atoms with Gasteiger partial charge in [0, 0.05) is 12.0 Å². The van der Waals surface area contributed by atoms with Crippen LogP contribution in [0.1, 0.15) is 50.7 Å². The minimum absolute atomic E-state index is 0.00943. The maximum Gasteiger partial charge on any atom is 0.240 e. The minimum atomic E-state index is -0.636. The highest BCUT2D eigenvalue weighted by molar-refractivity contribution is 5.86. The van der Waals surface area contributed by atoms with Crippen LogP contribution in [-0.2, 0) is 10.2 Å². The van der Waals surface area contributed by atoms with E-state index in [1.54, 1.807) is 0 Å².